The zero-order valence-corrected chi connectivity index (χ0v) is 11.2. The van der Waals surface area contributed by atoms with E-state index in [1.165, 1.54) is 0 Å². The molecule has 0 bridgehead atoms. The summed E-state index contributed by atoms with van der Waals surface area (Å²) in [6.07, 6.45) is 7.24. The Bertz CT molecular complexity index is 218. The summed E-state index contributed by atoms with van der Waals surface area (Å²) in [5.74, 6) is 1.09. The molecule has 1 aliphatic rings. The van der Waals surface area contributed by atoms with E-state index in [9.17, 15) is 4.79 Å². The Labute approximate surface area is 105 Å². The first-order valence-corrected chi connectivity index (χ1v) is 7.12. The van der Waals surface area contributed by atoms with E-state index in [1.54, 1.807) is 0 Å². The minimum absolute atomic E-state index is 0.185. The largest absolute Gasteiger partial charge is 0.396 e. The van der Waals surface area contributed by atoms with Gasteiger partial charge in [0.2, 0.25) is 5.91 Å². The van der Waals surface area contributed by atoms with Crippen molar-refractivity contribution in [3.05, 3.63) is 0 Å². The van der Waals surface area contributed by atoms with Gasteiger partial charge in [-0.05, 0) is 50.9 Å². The van der Waals surface area contributed by atoms with Gasteiger partial charge in [0, 0.05) is 18.6 Å². The minimum atomic E-state index is 0.185. The smallest absolute Gasteiger partial charge is 0.223 e. The molecule has 0 aromatic rings. The van der Waals surface area contributed by atoms with Crippen LogP contribution in [0.3, 0.4) is 0 Å². The fraction of sp³-hybridized carbons (Fsp3) is 0.929. The number of hydrogen-bond donors (Lipinski definition) is 2. The summed E-state index contributed by atoms with van der Waals surface area (Å²) < 4.78 is 0. The van der Waals surface area contributed by atoms with E-state index in [2.05, 4.69) is 19.2 Å². The standard InChI is InChI=1S/C14H27NO2/c1-3-12(4-2)14(17)15-13-7-5-11(6-8-13)9-10-16/h11-13,16H,3-10H2,1-2H3,(H,15,17). The zero-order valence-electron chi connectivity index (χ0n) is 11.2. The van der Waals surface area contributed by atoms with E-state index >= 15 is 0 Å². The first-order valence-electron chi connectivity index (χ1n) is 7.12. The lowest BCUT2D eigenvalue weighted by Crippen LogP contribution is -2.40. The molecule has 0 atom stereocenters. The van der Waals surface area contributed by atoms with Gasteiger partial charge in [0.05, 0.1) is 0 Å². The zero-order chi connectivity index (χ0) is 12.7. The molecule has 1 amide bonds. The van der Waals surface area contributed by atoms with Crippen LogP contribution in [0.2, 0.25) is 0 Å². The fourth-order valence-corrected chi connectivity index (χ4v) is 2.76. The molecule has 0 aliphatic heterocycles. The van der Waals surface area contributed by atoms with Gasteiger partial charge in [-0.2, -0.15) is 0 Å². The molecular formula is C14H27NO2. The lowest BCUT2D eigenvalue weighted by atomic mass is 9.84. The number of carbonyl (C=O) groups excluding carboxylic acids is 1. The van der Waals surface area contributed by atoms with Gasteiger partial charge >= 0.3 is 0 Å². The molecular weight excluding hydrogens is 214 g/mol. The quantitative estimate of drug-likeness (QED) is 0.750. The summed E-state index contributed by atoms with van der Waals surface area (Å²) in [6.45, 7) is 4.45. The van der Waals surface area contributed by atoms with Crippen LogP contribution in [-0.2, 0) is 4.79 Å². The van der Waals surface area contributed by atoms with Crippen LogP contribution in [0.5, 0.6) is 0 Å². The molecule has 0 saturated heterocycles. The molecule has 0 aromatic carbocycles. The lowest BCUT2D eigenvalue weighted by molar-refractivity contribution is -0.126. The van der Waals surface area contributed by atoms with E-state index in [0.29, 0.717) is 18.6 Å². The maximum absolute atomic E-state index is 11.9. The summed E-state index contributed by atoms with van der Waals surface area (Å²) >= 11 is 0. The van der Waals surface area contributed by atoms with Gasteiger partial charge in [0.25, 0.3) is 0 Å². The number of aliphatic hydroxyl groups excluding tert-OH is 1. The molecule has 3 nitrogen and oxygen atoms in total. The fourth-order valence-electron chi connectivity index (χ4n) is 2.76. The van der Waals surface area contributed by atoms with E-state index < -0.39 is 0 Å². The van der Waals surface area contributed by atoms with Gasteiger partial charge in [-0.15, -0.1) is 0 Å². The van der Waals surface area contributed by atoms with Crippen molar-refractivity contribution in [1.82, 2.24) is 5.32 Å². The van der Waals surface area contributed by atoms with Gasteiger partial charge in [0.15, 0.2) is 0 Å². The van der Waals surface area contributed by atoms with Gasteiger partial charge < -0.3 is 10.4 Å². The van der Waals surface area contributed by atoms with Crippen molar-refractivity contribution < 1.29 is 9.90 Å². The molecule has 0 aromatic heterocycles. The molecule has 0 unspecified atom stereocenters. The Morgan fingerprint density at radius 1 is 1.24 bits per heavy atom. The first-order chi connectivity index (χ1) is 8.21. The molecule has 3 heteroatoms. The molecule has 1 aliphatic carbocycles. The number of aliphatic hydroxyl groups is 1. The van der Waals surface area contributed by atoms with Gasteiger partial charge in [-0.25, -0.2) is 0 Å². The summed E-state index contributed by atoms with van der Waals surface area (Å²) in [6, 6.07) is 0.373. The van der Waals surface area contributed by atoms with Crippen LogP contribution in [-0.4, -0.2) is 23.7 Å². The van der Waals surface area contributed by atoms with Gasteiger partial charge in [0.1, 0.15) is 0 Å². The maximum atomic E-state index is 11.9. The molecule has 17 heavy (non-hydrogen) atoms. The highest BCUT2D eigenvalue weighted by Gasteiger charge is 2.23. The summed E-state index contributed by atoms with van der Waals surface area (Å²) in [5.41, 5.74) is 0. The molecule has 1 rings (SSSR count). The van der Waals surface area contributed by atoms with Crippen LogP contribution in [0.4, 0.5) is 0 Å². The number of carbonyl (C=O) groups is 1. The highest BCUT2D eigenvalue weighted by atomic mass is 16.3. The topological polar surface area (TPSA) is 49.3 Å². The first kappa shape index (κ1) is 14.5. The van der Waals surface area contributed by atoms with E-state index in [1.807, 2.05) is 0 Å². The minimum Gasteiger partial charge on any atom is -0.396 e. The summed E-state index contributed by atoms with van der Waals surface area (Å²) in [4.78, 5) is 11.9. The normalized spacial score (nSPS) is 24.9. The predicted octanol–water partition coefficient (Wildman–Crippen LogP) is 2.48. The highest BCUT2D eigenvalue weighted by Crippen LogP contribution is 2.26. The van der Waals surface area contributed by atoms with E-state index in [0.717, 1.165) is 44.9 Å². The Morgan fingerprint density at radius 2 is 1.82 bits per heavy atom. The second-order valence-electron chi connectivity index (χ2n) is 5.25. The van der Waals surface area contributed by atoms with Crippen molar-refractivity contribution in [2.24, 2.45) is 11.8 Å². The second-order valence-corrected chi connectivity index (χ2v) is 5.25. The Kier molecular flexibility index (Phi) is 6.56. The molecule has 0 heterocycles. The van der Waals surface area contributed by atoms with Crippen LogP contribution in [0, 0.1) is 11.8 Å². The Hall–Kier alpha value is -0.570. The van der Waals surface area contributed by atoms with Crippen molar-refractivity contribution >= 4 is 5.91 Å². The lowest BCUT2D eigenvalue weighted by Gasteiger charge is -2.29. The third-order valence-electron chi connectivity index (χ3n) is 4.09. The number of rotatable bonds is 6. The van der Waals surface area contributed by atoms with E-state index in [-0.39, 0.29) is 11.8 Å². The van der Waals surface area contributed by atoms with Crippen molar-refractivity contribution in [2.75, 3.05) is 6.61 Å². The number of nitrogens with one attached hydrogen (secondary N) is 1. The second kappa shape index (κ2) is 7.70. The van der Waals surface area contributed by atoms with Gasteiger partial charge in [-0.3, -0.25) is 4.79 Å². The maximum Gasteiger partial charge on any atom is 0.223 e. The predicted molar refractivity (Wildman–Crippen MR) is 69.7 cm³/mol. The van der Waals surface area contributed by atoms with Crippen LogP contribution in [0.25, 0.3) is 0 Å². The molecule has 2 N–H and O–H groups in total. The number of hydrogen-bond acceptors (Lipinski definition) is 2. The molecule has 1 saturated carbocycles. The number of amides is 1. The average molecular weight is 241 g/mol. The average Bonchev–Trinajstić information content (AvgIpc) is 2.33. The van der Waals surface area contributed by atoms with E-state index in [4.69, 9.17) is 5.11 Å². The van der Waals surface area contributed by atoms with Crippen molar-refractivity contribution in [3.63, 3.8) is 0 Å². The molecule has 0 radical (unpaired) electrons. The SMILES string of the molecule is CCC(CC)C(=O)NC1CCC(CCO)CC1. The van der Waals surface area contributed by atoms with Crippen LogP contribution in [0.15, 0.2) is 0 Å². The molecule has 1 fully saturated rings. The van der Waals surface area contributed by atoms with Crippen molar-refractivity contribution in [2.45, 2.75) is 64.8 Å². The molecule has 0 spiro atoms. The van der Waals surface area contributed by atoms with Crippen LogP contribution in [0.1, 0.15) is 58.8 Å². The van der Waals surface area contributed by atoms with Crippen LogP contribution < -0.4 is 5.32 Å². The third-order valence-corrected chi connectivity index (χ3v) is 4.09. The van der Waals surface area contributed by atoms with Crippen molar-refractivity contribution in [1.29, 1.82) is 0 Å². The third kappa shape index (κ3) is 4.66. The van der Waals surface area contributed by atoms with Gasteiger partial charge in [-0.1, -0.05) is 13.8 Å². The highest BCUT2D eigenvalue weighted by molar-refractivity contribution is 5.78. The van der Waals surface area contributed by atoms with Crippen LogP contribution >= 0.6 is 0 Å². The molecule has 100 valence electrons. The summed E-state index contributed by atoms with van der Waals surface area (Å²) in [7, 11) is 0. The monoisotopic (exact) mass is 241 g/mol. The Balaban J connectivity index is 2.27. The van der Waals surface area contributed by atoms with Crippen molar-refractivity contribution in [3.8, 4) is 0 Å². The Morgan fingerprint density at radius 3 is 2.29 bits per heavy atom. The summed E-state index contributed by atoms with van der Waals surface area (Å²) in [5, 5.41) is 12.1.